The van der Waals surface area contributed by atoms with E-state index >= 15 is 0 Å². The van der Waals surface area contributed by atoms with E-state index in [2.05, 4.69) is 9.88 Å². The number of pyridine rings is 1. The van der Waals surface area contributed by atoms with Gasteiger partial charge < -0.3 is 9.80 Å². The third-order valence-electron chi connectivity index (χ3n) is 2.54. The van der Waals surface area contributed by atoms with Crippen LogP contribution < -0.4 is 10.6 Å². The number of carbonyl (C=O) groups excluding carboxylic acids is 1. The minimum Gasteiger partial charge on any atom is -0.353 e. The molecule has 2 heterocycles. The second-order valence-corrected chi connectivity index (χ2v) is 3.47. The van der Waals surface area contributed by atoms with Crippen LogP contribution in [0.5, 0.6) is 0 Å². The van der Waals surface area contributed by atoms with Gasteiger partial charge in [0.15, 0.2) is 0 Å². The molecule has 1 aromatic rings. The number of amides is 2. The van der Waals surface area contributed by atoms with E-state index in [4.69, 9.17) is 5.73 Å². The quantitative estimate of drug-likeness (QED) is 0.674. The first-order chi connectivity index (χ1) is 7.27. The zero-order valence-corrected chi connectivity index (χ0v) is 8.39. The third kappa shape index (κ3) is 2.18. The van der Waals surface area contributed by atoms with Crippen molar-refractivity contribution in [1.29, 1.82) is 0 Å². The van der Waals surface area contributed by atoms with Gasteiger partial charge in [-0.2, -0.15) is 0 Å². The Morgan fingerprint density at radius 1 is 1.27 bits per heavy atom. The van der Waals surface area contributed by atoms with E-state index in [1.165, 1.54) is 0 Å². The summed E-state index contributed by atoms with van der Waals surface area (Å²) in [5.41, 5.74) is 7.00. The van der Waals surface area contributed by atoms with Gasteiger partial charge in [0.05, 0.1) is 0 Å². The average molecular weight is 205 g/mol. The minimum atomic E-state index is -0.587. The van der Waals surface area contributed by atoms with Gasteiger partial charge in [-0.05, 0) is 12.1 Å². The van der Waals surface area contributed by atoms with E-state index < -0.39 is 6.03 Å². The van der Waals surface area contributed by atoms with Crippen molar-refractivity contribution in [3.8, 4) is 0 Å². The standard InChI is InChI=1S/C10H13N4O/c11-10(15)14-7-5-13(6-8-14)9-3-1-2-4-12-9/h1-4,11H,5-8H2. The average Bonchev–Trinajstić information content (AvgIpc) is 2.30. The van der Waals surface area contributed by atoms with Crippen LogP contribution >= 0.6 is 0 Å². The summed E-state index contributed by atoms with van der Waals surface area (Å²) < 4.78 is 0. The topological polar surface area (TPSA) is 60.2 Å². The van der Waals surface area contributed by atoms with Gasteiger partial charge in [-0.1, -0.05) is 6.07 Å². The van der Waals surface area contributed by atoms with Crippen LogP contribution in [-0.2, 0) is 0 Å². The summed E-state index contributed by atoms with van der Waals surface area (Å²) in [5, 5.41) is 0. The molecule has 0 aliphatic carbocycles. The zero-order valence-electron chi connectivity index (χ0n) is 8.39. The van der Waals surface area contributed by atoms with Crippen LogP contribution in [0.1, 0.15) is 0 Å². The normalized spacial score (nSPS) is 16.5. The largest absolute Gasteiger partial charge is 0.353 e. The van der Waals surface area contributed by atoms with Crippen LogP contribution in [0.15, 0.2) is 24.4 Å². The first kappa shape index (κ1) is 9.76. The number of rotatable bonds is 1. The number of anilines is 1. The number of piperazine rings is 1. The summed E-state index contributed by atoms with van der Waals surface area (Å²) >= 11 is 0. The number of aromatic nitrogens is 1. The van der Waals surface area contributed by atoms with Gasteiger partial charge in [-0.3, -0.25) is 0 Å². The highest BCUT2D eigenvalue weighted by molar-refractivity contribution is 5.71. The molecule has 0 spiro atoms. The van der Waals surface area contributed by atoms with Crippen molar-refractivity contribution in [2.75, 3.05) is 31.1 Å². The Morgan fingerprint density at radius 3 is 2.53 bits per heavy atom. The van der Waals surface area contributed by atoms with Gasteiger partial charge in [0.2, 0.25) is 0 Å². The Bertz CT molecular complexity index is 333. The maximum Gasteiger partial charge on any atom is 0.336 e. The molecule has 79 valence electrons. The van der Waals surface area contributed by atoms with Crippen LogP contribution in [0.25, 0.3) is 0 Å². The lowest BCUT2D eigenvalue weighted by atomic mass is 10.3. The van der Waals surface area contributed by atoms with Crippen molar-refractivity contribution in [1.82, 2.24) is 15.6 Å². The molecule has 2 rings (SSSR count). The molecule has 5 nitrogen and oxygen atoms in total. The maximum absolute atomic E-state index is 10.8. The Morgan fingerprint density at radius 2 is 2.00 bits per heavy atom. The molecular weight excluding hydrogens is 192 g/mol. The molecular formula is C10H13N4O. The highest BCUT2D eigenvalue weighted by Gasteiger charge is 2.19. The van der Waals surface area contributed by atoms with Crippen LogP contribution in [0.4, 0.5) is 10.6 Å². The Hall–Kier alpha value is -1.78. The lowest BCUT2D eigenvalue weighted by Crippen LogP contribution is -2.48. The van der Waals surface area contributed by atoms with E-state index in [1.807, 2.05) is 18.2 Å². The molecule has 0 saturated carbocycles. The van der Waals surface area contributed by atoms with Gasteiger partial charge in [-0.15, -0.1) is 0 Å². The highest BCUT2D eigenvalue weighted by Crippen LogP contribution is 2.12. The Labute approximate surface area is 88.5 Å². The fourth-order valence-electron chi connectivity index (χ4n) is 1.68. The fourth-order valence-corrected chi connectivity index (χ4v) is 1.68. The van der Waals surface area contributed by atoms with Gasteiger partial charge in [0.1, 0.15) is 5.82 Å². The molecule has 1 saturated heterocycles. The van der Waals surface area contributed by atoms with Crippen molar-refractivity contribution in [3.63, 3.8) is 0 Å². The van der Waals surface area contributed by atoms with E-state index in [0.29, 0.717) is 13.1 Å². The smallest absolute Gasteiger partial charge is 0.336 e. The zero-order chi connectivity index (χ0) is 10.7. The SMILES string of the molecule is [NH]C(=O)N1CCN(c2ccccn2)CC1. The lowest BCUT2D eigenvalue weighted by molar-refractivity contribution is 0.202. The molecule has 0 bridgehead atoms. The summed E-state index contributed by atoms with van der Waals surface area (Å²) in [6, 6.07) is 5.20. The van der Waals surface area contributed by atoms with Crippen LogP contribution in [0, 0.1) is 0 Å². The van der Waals surface area contributed by atoms with E-state index in [-0.39, 0.29) is 0 Å². The van der Waals surface area contributed by atoms with Crippen molar-refractivity contribution in [2.24, 2.45) is 0 Å². The predicted octanol–water partition coefficient (Wildman–Crippen LogP) is 0.606. The fraction of sp³-hybridized carbons (Fsp3) is 0.400. The molecule has 0 aromatic carbocycles. The van der Waals surface area contributed by atoms with Gasteiger partial charge in [0, 0.05) is 32.4 Å². The summed E-state index contributed by atoms with van der Waals surface area (Å²) in [6.45, 7) is 2.72. The van der Waals surface area contributed by atoms with Crippen LogP contribution in [0.2, 0.25) is 0 Å². The molecule has 1 fully saturated rings. The minimum absolute atomic E-state index is 0.587. The Kier molecular flexibility index (Phi) is 2.71. The summed E-state index contributed by atoms with van der Waals surface area (Å²) in [6.07, 6.45) is 1.76. The molecule has 1 radical (unpaired) electrons. The van der Waals surface area contributed by atoms with E-state index in [1.54, 1.807) is 11.1 Å². The molecule has 0 unspecified atom stereocenters. The van der Waals surface area contributed by atoms with E-state index in [9.17, 15) is 4.79 Å². The highest BCUT2D eigenvalue weighted by atomic mass is 16.2. The van der Waals surface area contributed by atoms with Gasteiger partial charge in [0.25, 0.3) is 0 Å². The monoisotopic (exact) mass is 205 g/mol. The van der Waals surface area contributed by atoms with Crippen molar-refractivity contribution in [3.05, 3.63) is 24.4 Å². The molecule has 1 N–H and O–H groups in total. The summed E-state index contributed by atoms with van der Waals surface area (Å²) in [5.74, 6) is 0.939. The number of urea groups is 1. The molecule has 15 heavy (non-hydrogen) atoms. The number of nitrogens with one attached hydrogen (secondary N) is 1. The molecule has 1 aliphatic rings. The molecule has 1 aliphatic heterocycles. The third-order valence-corrected chi connectivity index (χ3v) is 2.54. The molecule has 0 atom stereocenters. The van der Waals surface area contributed by atoms with Gasteiger partial charge >= 0.3 is 6.03 Å². The molecule has 1 aromatic heterocycles. The number of hydrogen-bond acceptors (Lipinski definition) is 3. The first-order valence-corrected chi connectivity index (χ1v) is 4.94. The van der Waals surface area contributed by atoms with Crippen LogP contribution in [0.3, 0.4) is 0 Å². The number of nitrogens with zero attached hydrogens (tertiary/aromatic N) is 3. The second kappa shape index (κ2) is 4.16. The van der Waals surface area contributed by atoms with E-state index in [0.717, 1.165) is 18.9 Å². The van der Waals surface area contributed by atoms with Crippen molar-refractivity contribution in [2.45, 2.75) is 0 Å². The van der Waals surface area contributed by atoms with Crippen molar-refractivity contribution < 1.29 is 4.79 Å². The molecule has 5 heteroatoms. The first-order valence-electron chi connectivity index (χ1n) is 4.94. The van der Waals surface area contributed by atoms with Crippen LogP contribution in [-0.4, -0.2) is 42.1 Å². The maximum atomic E-state index is 10.8. The summed E-state index contributed by atoms with van der Waals surface area (Å²) in [4.78, 5) is 18.7. The van der Waals surface area contributed by atoms with Gasteiger partial charge in [-0.25, -0.2) is 15.5 Å². The molecule has 2 amide bonds. The summed E-state index contributed by atoms with van der Waals surface area (Å²) in [7, 11) is 0. The predicted molar refractivity (Wildman–Crippen MR) is 56.5 cm³/mol. The lowest BCUT2D eigenvalue weighted by Gasteiger charge is -2.34. The second-order valence-electron chi connectivity index (χ2n) is 3.47. The Balaban J connectivity index is 1.97. The van der Waals surface area contributed by atoms with Crippen molar-refractivity contribution >= 4 is 11.8 Å². The number of hydrogen-bond donors (Lipinski definition) is 0. The number of carbonyl (C=O) groups is 1.